The number of hydrogen-bond donors (Lipinski definition) is 2. The van der Waals surface area contributed by atoms with Gasteiger partial charge in [0.2, 0.25) is 0 Å². The molecule has 0 aromatic heterocycles. The van der Waals surface area contributed by atoms with Gasteiger partial charge in [0.1, 0.15) is 0 Å². The zero-order valence-electron chi connectivity index (χ0n) is 9.85. The van der Waals surface area contributed by atoms with E-state index in [0.717, 1.165) is 11.1 Å². The summed E-state index contributed by atoms with van der Waals surface area (Å²) in [5.74, 6) is 0. The van der Waals surface area contributed by atoms with Crippen LogP contribution in [-0.4, -0.2) is 16.8 Å². The lowest BCUT2D eigenvalue weighted by Gasteiger charge is -2.02. The standard InChI is InChI=1S/C13H12O4S2/c14-18(15)12-5-1-10(2-6-12)9-11-3-7-13(8-4-11)19(16)17/h1-8,18-19H,9H2. The van der Waals surface area contributed by atoms with Crippen molar-refractivity contribution >= 4 is 21.4 Å². The van der Waals surface area contributed by atoms with Gasteiger partial charge in [-0.2, -0.15) is 0 Å². The Labute approximate surface area is 114 Å². The molecule has 0 atom stereocenters. The third-order valence-corrected chi connectivity index (χ3v) is 4.14. The van der Waals surface area contributed by atoms with E-state index in [0.29, 0.717) is 6.42 Å². The van der Waals surface area contributed by atoms with Crippen LogP contribution in [0.5, 0.6) is 0 Å². The number of rotatable bonds is 4. The molecule has 6 heteroatoms. The summed E-state index contributed by atoms with van der Waals surface area (Å²) in [6.07, 6.45) is 0.631. The van der Waals surface area contributed by atoms with Crippen LogP contribution in [0.3, 0.4) is 0 Å². The Bertz CT molecular complexity index is 632. The average molecular weight is 296 g/mol. The zero-order valence-corrected chi connectivity index (χ0v) is 11.6. The third kappa shape index (κ3) is 3.65. The molecule has 2 aromatic carbocycles. The minimum atomic E-state index is -2.55. The van der Waals surface area contributed by atoms with Crippen LogP contribution in [-0.2, 0) is 27.8 Å². The van der Waals surface area contributed by atoms with Crippen LogP contribution in [0.4, 0.5) is 0 Å². The molecule has 0 bridgehead atoms. The summed E-state index contributed by atoms with van der Waals surface area (Å²) < 4.78 is 43.0. The maximum absolute atomic E-state index is 10.8. The highest BCUT2D eigenvalue weighted by atomic mass is 32.2. The van der Waals surface area contributed by atoms with Crippen LogP contribution >= 0.6 is 0 Å². The predicted molar refractivity (Wildman–Crippen MR) is 72.9 cm³/mol. The van der Waals surface area contributed by atoms with Crippen molar-refractivity contribution in [3.63, 3.8) is 0 Å². The second kappa shape index (κ2) is 5.99. The summed E-state index contributed by atoms with van der Waals surface area (Å²) >= 11 is 0. The van der Waals surface area contributed by atoms with Gasteiger partial charge in [-0.1, -0.05) is 24.3 Å². The normalized spacial score (nSPS) is 11.1. The van der Waals surface area contributed by atoms with E-state index in [1.54, 1.807) is 48.5 Å². The van der Waals surface area contributed by atoms with E-state index in [4.69, 9.17) is 0 Å². The molecule has 0 aliphatic carbocycles. The van der Waals surface area contributed by atoms with Gasteiger partial charge in [-0.05, 0) is 41.8 Å². The summed E-state index contributed by atoms with van der Waals surface area (Å²) in [7, 11) is -5.09. The summed E-state index contributed by atoms with van der Waals surface area (Å²) in [5.41, 5.74) is 1.94. The molecule has 0 radical (unpaired) electrons. The van der Waals surface area contributed by atoms with Crippen molar-refractivity contribution in [3.05, 3.63) is 59.7 Å². The highest BCUT2D eigenvalue weighted by molar-refractivity contribution is 7.72. The van der Waals surface area contributed by atoms with E-state index in [2.05, 4.69) is 0 Å². The van der Waals surface area contributed by atoms with Crippen LogP contribution < -0.4 is 0 Å². The van der Waals surface area contributed by atoms with Gasteiger partial charge in [-0.25, -0.2) is 16.8 Å². The first-order chi connectivity index (χ1) is 9.06. The van der Waals surface area contributed by atoms with E-state index in [1.807, 2.05) is 0 Å². The van der Waals surface area contributed by atoms with Crippen molar-refractivity contribution in [2.45, 2.75) is 16.2 Å². The Morgan fingerprint density at radius 2 is 0.895 bits per heavy atom. The minimum absolute atomic E-state index is 0.289. The number of thiol groups is 2. The molecule has 4 nitrogen and oxygen atoms in total. The molecule has 0 saturated carbocycles. The quantitative estimate of drug-likeness (QED) is 0.832. The van der Waals surface area contributed by atoms with Crippen molar-refractivity contribution in [1.82, 2.24) is 0 Å². The predicted octanol–water partition coefficient (Wildman–Crippen LogP) is 1.22. The summed E-state index contributed by atoms with van der Waals surface area (Å²) in [5, 5.41) is 0. The first-order valence-electron chi connectivity index (χ1n) is 5.53. The van der Waals surface area contributed by atoms with Gasteiger partial charge in [-0.3, -0.25) is 0 Å². The molecular weight excluding hydrogens is 284 g/mol. The molecule has 0 aliphatic rings. The lowest BCUT2D eigenvalue weighted by molar-refractivity contribution is 0.613. The van der Waals surface area contributed by atoms with Gasteiger partial charge in [0.15, 0.2) is 21.4 Å². The molecule has 0 heterocycles. The highest BCUT2D eigenvalue weighted by Crippen LogP contribution is 2.13. The van der Waals surface area contributed by atoms with E-state index < -0.39 is 21.4 Å². The molecule has 0 spiro atoms. The number of benzene rings is 2. The lowest BCUT2D eigenvalue weighted by atomic mass is 10.1. The first-order valence-corrected chi connectivity index (χ1v) is 7.88. The van der Waals surface area contributed by atoms with Crippen LogP contribution in [0.25, 0.3) is 0 Å². The highest BCUT2D eigenvalue weighted by Gasteiger charge is 2.00. The Morgan fingerprint density at radius 3 is 1.16 bits per heavy atom. The second-order valence-electron chi connectivity index (χ2n) is 4.02. The van der Waals surface area contributed by atoms with E-state index in [9.17, 15) is 16.8 Å². The van der Waals surface area contributed by atoms with E-state index in [1.165, 1.54) is 0 Å². The van der Waals surface area contributed by atoms with E-state index >= 15 is 0 Å². The number of hydrogen-bond acceptors (Lipinski definition) is 4. The minimum Gasteiger partial charge on any atom is -0.227 e. The Hall–Kier alpha value is -1.66. The van der Waals surface area contributed by atoms with Gasteiger partial charge in [0, 0.05) is 0 Å². The molecule has 19 heavy (non-hydrogen) atoms. The fourth-order valence-corrected chi connectivity index (χ4v) is 2.49. The largest absolute Gasteiger partial charge is 0.227 e. The molecule has 0 aliphatic heterocycles. The Balaban J connectivity index is 2.16. The van der Waals surface area contributed by atoms with Gasteiger partial charge >= 0.3 is 0 Å². The van der Waals surface area contributed by atoms with E-state index in [-0.39, 0.29) is 9.79 Å². The lowest BCUT2D eigenvalue weighted by Crippen LogP contribution is -1.90. The monoisotopic (exact) mass is 296 g/mol. The van der Waals surface area contributed by atoms with Crippen molar-refractivity contribution in [1.29, 1.82) is 0 Å². The van der Waals surface area contributed by atoms with Gasteiger partial charge in [0.25, 0.3) is 0 Å². The van der Waals surface area contributed by atoms with Gasteiger partial charge in [-0.15, -0.1) is 0 Å². The molecule has 2 rings (SSSR count). The molecule has 0 fully saturated rings. The van der Waals surface area contributed by atoms with Gasteiger partial charge in [0.05, 0.1) is 9.79 Å². The average Bonchev–Trinajstić information content (AvgIpc) is 2.40. The maximum Gasteiger partial charge on any atom is 0.168 e. The molecule has 0 amide bonds. The smallest absolute Gasteiger partial charge is 0.168 e. The van der Waals surface area contributed by atoms with Crippen molar-refractivity contribution in [2.24, 2.45) is 0 Å². The molecule has 2 aromatic rings. The van der Waals surface area contributed by atoms with Crippen molar-refractivity contribution < 1.29 is 16.8 Å². The topological polar surface area (TPSA) is 68.3 Å². The fourth-order valence-electron chi connectivity index (χ4n) is 1.71. The van der Waals surface area contributed by atoms with Gasteiger partial charge < -0.3 is 0 Å². The third-order valence-electron chi connectivity index (χ3n) is 2.70. The summed E-state index contributed by atoms with van der Waals surface area (Å²) in [4.78, 5) is 0.579. The zero-order chi connectivity index (χ0) is 13.8. The van der Waals surface area contributed by atoms with Crippen LogP contribution in [0.1, 0.15) is 11.1 Å². The summed E-state index contributed by atoms with van der Waals surface area (Å²) in [6.45, 7) is 0. The first kappa shape index (κ1) is 13.8. The SMILES string of the molecule is O=[SH](=O)c1ccc(Cc2ccc([SH](=O)=O)cc2)cc1. The van der Waals surface area contributed by atoms with Crippen LogP contribution in [0.15, 0.2) is 58.3 Å². The Kier molecular flexibility index (Phi) is 4.34. The second-order valence-corrected chi connectivity index (χ2v) is 6.09. The van der Waals surface area contributed by atoms with Crippen LogP contribution in [0, 0.1) is 0 Å². The maximum atomic E-state index is 10.8. The fraction of sp³-hybridized carbons (Fsp3) is 0.0769. The van der Waals surface area contributed by atoms with Crippen molar-refractivity contribution in [2.75, 3.05) is 0 Å². The Morgan fingerprint density at radius 1 is 0.579 bits per heavy atom. The molecule has 0 unspecified atom stereocenters. The van der Waals surface area contributed by atoms with Crippen LogP contribution in [0.2, 0.25) is 0 Å². The molecule has 100 valence electrons. The summed E-state index contributed by atoms with van der Waals surface area (Å²) in [6, 6.07) is 13.2. The molecule has 0 saturated heterocycles. The molecular formula is C13H12O4S2. The van der Waals surface area contributed by atoms with Crippen molar-refractivity contribution in [3.8, 4) is 0 Å². The molecule has 0 N–H and O–H groups in total.